The lowest BCUT2D eigenvalue weighted by atomic mass is 9.95. The lowest BCUT2D eigenvalue weighted by Gasteiger charge is -2.50. The number of aliphatic hydroxyl groups excluding tert-OH is 20. The van der Waals surface area contributed by atoms with Crippen LogP contribution in [-0.4, -0.2) is 372 Å². The van der Waals surface area contributed by atoms with Crippen LogP contribution in [0.25, 0.3) is 0 Å². The quantitative estimate of drug-likeness (QED) is 0.0967. The lowest BCUT2D eigenvalue weighted by Crippen LogP contribution is -2.68. The molecule has 0 aliphatic carbocycles. The number of ether oxygens (including phenoxy) is 14. The largest absolute Gasteiger partial charge is 0.394 e. The van der Waals surface area contributed by atoms with E-state index in [-0.39, 0.29) is 4.90 Å². The van der Waals surface area contributed by atoms with E-state index in [9.17, 15) is 111 Å². The van der Waals surface area contributed by atoms with Crippen molar-refractivity contribution in [3.05, 3.63) is 29.8 Å². The summed E-state index contributed by atoms with van der Waals surface area (Å²) < 4.78 is 113. The predicted molar refractivity (Wildman–Crippen MR) is 266 cm³/mol. The molecular formula is C49H76O37S. The molecule has 0 radical (unpaired) electrons. The van der Waals surface area contributed by atoms with E-state index < -0.39 is 271 Å². The molecule has 14 bridgehead atoms. The van der Waals surface area contributed by atoms with Crippen molar-refractivity contribution in [3.63, 3.8) is 0 Å². The van der Waals surface area contributed by atoms with E-state index in [4.69, 9.17) is 70.5 Å². The highest BCUT2D eigenvalue weighted by Crippen LogP contribution is 2.39. The molecule has 20 N–H and O–H groups in total. The summed E-state index contributed by atoms with van der Waals surface area (Å²) in [6, 6.07) is 5.26. The first-order valence-corrected chi connectivity index (χ1v) is 29.0. The summed E-state index contributed by atoms with van der Waals surface area (Å²) in [5.41, 5.74) is 0.657. The predicted octanol–water partition coefficient (Wildman–Crippen LogP) is -13.5. The molecule has 21 saturated heterocycles. The zero-order valence-electron chi connectivity index (χ0n) is 45.8. The first-order valence-electron chi connectivity index (χ1n) is 27.6. The Kier molecular flexibility index (Phi) is 23.0. The molecule has 0 amide bonds. The van der Waals surface area contributed by atoms with Crippen molar-refractivity contribution in [2.75, 3.05) is 46.2 Å². The lowest BCUT2D eigenvalue weighted by molar-refractivity contribution is -0.396. The van der Waals surface area contributed by atoms with Crippen LogP contribution in [0.15, 0.2) is 29.2 Å². The third-order valence-corrected chi connectivity index (χ3v) is 17.6. The van der Waals surface area contributed by atoms with Crippen molar-refractivity contribution in [2.45, 2.75) is 227 Å². The molecule has 1 aromatic carbocycles. The molecule has 0 unspecified atom stereocenters. The summed E-state index contributed by atoms with van der Waals surface area (Å²) in [5.74, 6) is 0. The number of aliphatic hydroxyl groups is 20. The van der Waals surface area contributed by atoms with E-state index in [1.807, 2.05) is 0 Å². The Bertz CT molecular complexity index is 2420. The van der Waals surface area contributed by atoms with Crippen molar-refractivity contribution in [1.29, 1.82) is 0 Å². The molecule has 87 heavy (non-hydrogen) atoms. The minimum absolute atomic E-state index is 0.376. The Morgan fingerprint density at radius 3 is 0.678 bits per heavy atom. The van der Waals surface area contributed by atoms with E-state index in [2.05, 4.69) is 0 Å². The summed E-state index contributed by atoms with van der Waals surface area (Å²) in [6.07, 6.45) is -72.9. The van der Waals surface area contributed by atoms with Crippen LogP contribution in [0.5, 0.6) is 0 Å². The van der Waals surface area contributed by atoms with Gasteiger partial charge in [-0.05, 0) is 19.1 Å². The van der Waals surface area contributed by atoms with Crippen LogP contribution in [0.4, 0.5) is 0 Å². The van der Waals surface area contributed by atoms with Crippen LogP contribution in [0.2, 0.25) is 0 Å². The van der Waals surface area contributed by atoms with Crippen LogP contribution in [0, 0.1) is 6.92 Å². The highest BCUT2D eigenvalue weighted by molar-refractivity contribution is 7.86. The van der Waals surface area contributed by atoms with E-state index in [1.54, 1.807) is 6.92 Å². The van der Waals surface area contributed by atoms with Gasteiger partial charge in [0.15, 0.2) is 44.0 Å². The zero-order chi connectivity index (χ0) is 63.2. The fraction of sp³-hybridized carbons (Fsp3) is 0.878. The van der Waals surface area contributed by atoms with Crippen molar-refractivity contribution in [1.82, 2.24) is 0 Å². The first-order chi connectivity index (χ1) is 41.3. The molecule has 0 spiro atoms. The van der Waals surface area contributed by atoms with Gasteiger partial charge in [-0.2, -0.15) is 8.42 Å². The first kappa shape index (κ1) is 69.1. The van der Waals surface area contributed by atoms with Crippen LogP contribution in [0.1, 0.15) is 5.56 Å². The number of hydrogen-bond donors (Lipinski definition) is 20. The maximum atomic E-state index is 13.5. The molecule has 21 heterocycles. The van der Waals surface area contributed by atoms with Crippen molar-refractivity contribution in [2.24, 2.45) is 0 Å². The number of hydrogen-bond acceptors (Lipinski definition) is 37. The molecule has 37 nitrogen and oxygen atoms in total. The minimum Gasteiger partial charge on any atom is -0.394 e. The van der Waals surface area contributed by atoms with E-state index in [1.165, 1.54) is 24.3 Å². The maximum absolute atomic E-state index is 13.5. The van der Waals surface area contributed by atoms with Gasteiger partial charge in [-0.25, -0.2) is 0 Å². The monoisotopic (exact) mass is 1290 g/mol. The van der Waals surface area contributed by atoms with Crippen molar-refractivity contribution >= 4 is 10.1 Å². The second-order valence-electron chi connectivity index (χ2n) is 22.0. The van der Waals surface area contributed by atoms with Crippen molar-refractivity contribution in [3.8, 4) is 0 Å². The molecule has 21 aliphatic heterocycles. The topological polar surface area (TPSA) is 577 Å². The molecule has 500 valence electrons. The van der Waals surface area contributed by atoms with Crippen LogP contribution >= 0.6 is 0 Å². The fourth-order valence-corrected chi connectivity index (χ4v) is 12.3. The second-order valence-corrected chi connectivity index (χ2v) is 23.6. The average molecular weight is 1290 g/mol. The standard InChI is InChI=1S/C49H76O37S/c1-13-2-4-14(5-3-13)87(70,71)72-12-21-42-28(62)35(69)49(79-21)85-41-20(11-55)77-47(33(67)26(41)60)83-39-18(9-53)75-45(31(65)24(39)58)81-37-16(7-51)73-43(29(63)22(37)56)80-36-15(6-50)74-44(30(64)23(36)57)82-38-17(8-52)76-46(32(66)25(38)59)84-40-19(10-54)78-48(86-42)34(68)27(40)61/h2-5,15-69H,6-12H2,1H3/t15-,16-,17-,18-,19-,20-,21-,22-,23-,24-,25-,26-,27-,28-,29-,30-,31-,32-,33-,34-,35-,36-,37-,38-,39-,40-,41-,42-,43-,44-,45-,46-,47-,48-,49-/m0/s1. The molecular weight excluding hydrogens is 1210 g/mol. The minimum atomic E-state index is -4.72. The summed E-state index contributed by atoms with van der Waals surface area (Å²) in [5, 5.41) is 223. The molecule has 0 aromatic heterocycles. The number of aryl methyl sites for hydroxylation is 1. The third-order valence-electron chi connectivity index (χ3n) is 16.3. The van der Waals surface area contributed by atoms with Gasteiger partial charge < -0.3 is 168 Å². The smallest absolute Gasteiger partial charge is 0.297 e. The van der Waals surface area contributed by atoms with Gasteiger partial charge in [-0.3, -0.25) is 4.18 Å². The Morgan fingerprint density at radius 1 is 0.299 bits per heavy atom. The van der Waals surface area contributed by atoms with Gasteiger partial charge in [-0.1, -0.05) is 17.7 Å². The van der Waals surface area contributed by atoms with Crippen LogP contribution in [0.3, 0.4) is 0 Å². The summed E-state index contributed by atoms with van der Waals surface area (Å²) in [4.78, 5) is -0.376. The molecule has 35 atom stereocenters. The van der Waals surface area contributed by atoms with Gasteiger partial charge in [0.05, 0.1) is 51.1 Å². The summed E-state index contributed by atoms with van der Waals surface area (Å²) >= 11 is 0. The Labute approximate surface area is 492 Å². The maximum Gasteiger partial charge on any atom is 0.297 e. The van der Waals surface area contributed by atoms with Gasteiger partial charge in [0.2, 0.25) is 0 Å². The SMILES string of the molecule is Cc1ccc(S(=O)(=O)OC[C@@H]2O[C@H]3O[C@@H]4[C@@H](O)[C@H](O)[C@H](O[C@@H]5[C@@H](O)[C@H](O)[C@H](O[C@@H]6[C@@H](O)[C@H](O)[C@H](O[C@@H]7[C@@H](O)[C@H](O)[C@H](O[C@@H]8[C@@H](O)[C@H](O)[C@H](O[C@@H]9[C@@H](O)[C@H](O)[C@H](O[C@@H]2[C@@H](O)[C@@H]3O)O[C@H]9CO)O[C@H]8CO)O[C@H]7CO)O[C@H]6CO)O[C@H]5CO)O[C@H]4CO)cc1. The fourth-order valence-electron chi connectivity index (χ4n) is 11.3. The summed E-state index contributed by atoms with van der Waals surface area (Å²) in [6.45, 7) is -6.01. The van der Waals surface area contributed by atoms with Crippen LogP contribution in [-0.2, 0) is 80.6 Å². The normalized spacial score (nSPS) is 50.5. The third kappa shape index (κ3) is 14.0. The molecule has 21 aliphatic rings. The van der Waals surface area contributed by atoms with Gasteiger partial charge in [0.1, 0.15) is 171 Å². The Balaban J connectivity index is 1.02. The second kappa shape index (κ2) is 29.0. The van der Waals surface area contributed by atoms with E-state index >= 15 is 0 Å². The van der Waals surface area contributed by atoms with E-state index in [0.717, 1.165) is 0 Å². The highest BCUT2D eigenvalue weighted by Gasteiger charge is 2.60. The molecule has 21 fully saturated rings. The Morgan fingerprint density at radius 2 is 0.483 bits per heavy atom. The van der Waals surface area contributed by atoms with Gasteiger partial charge in [0, 0.05) is 0 Å². The Hall–Kier alpha value is -2.23. The summed E-state index contributed by atoms with van der Waals surface area (Å²) in [7, 11) is -4.72. The molecule has 0 saturated carbocycles. The van der Waals surface area contributed by atoms with Gasteiger partial charge in [-0.15, -0.1) is 0 Å². The molecule has 38 heteroatoms. The average Bonchev–Trinajstić information content (AvgIpc) is 1.18. The molecule has 22 rings (SSSR count). The number of rotatable bonds is 10. The highest BCUT2D eigenvalue weighted by atomic mass is 32.2. The van der Waals surface area contributed by atoms with Crippen molar-refractivity contribution < 1.29 is 181 Å². The van der Waals surface area contributed by atoms with Crippen LogP contribution < -0.4 is 0 Å². The van der Waals surface area contributed by atoms with Gasteiger partial charge >= 0.3 is 0 Å². The molecule has 1 aromatic rings. The number of benzene rings is 1. The zero-order valence-corrected chi connectivity index (χ0v) is 46.6. The van der Waals surface area contributed by atoms with Gasteiger partial charge in [0.25, 0.3) is 10.1 Å². The van der Waals surface area contributed by atoms with E-state index in [0.29, 0.717) is 5.56 Å².